The van der Waals surface area contributed by atoms with Crippen molar-refractivity contribution in [1.82, 2.24) is 4.57 Å². The number of aromatic nitrogens is 1. The third kappa shape index (κ3) is 3.73. The maximum Gasteiger partial charge on any atom is 0.212 e. The van der Waals surface area contributed by atoms with Gasteiger partial charge in [0, 0.05) is 44.8 Å². The third-order valence-corrected chi connectivity index (χ3v) is 3.61. The molecular formula is C14H12BrClNO2Y-. The van der Waals surface area contributed by atoms with Gasteiger partial charge < -0.3 is 9.30 Å². The summed E-state index contributed by atoms with van der Waals surface area (Å²) < 4.78 is 7.74. The first-order valence-electron chi connectivity index (χ1n) is 5.74. The molecule has 0 spiro atoms. The molecule has 2 aromatic rings. The first-order chi connectivity index (χ1) is 9.04. The van der Waals surface area contributed by atoms with E-state index in [1.54, 1.807) is 7.05 Å². The van der Waals surface area contributed by atoms with Gasteiger partial charge in [-0.3, -0.25) is 4.79 Å². The normalized spacial score (nSPS) is 10.0. The van der Waals surface area contributed by atoms with Gasteiger partial charge in [-0.15, -0.1) is 6.07 Å². The van der Waals surface area contributed by atoms with Gasteiger partial charge in [-0.2, -0.15) is 23.7 Å². The van der Waals surface area contributed by atoms with Crippen LogP contribution in [0.15, 0.2) is 33.5 Å². The first kappa shape index (κ1) is 17.9. The van der Waals surface area contributed by atoms with Gasteiger partial charge in [0.1, 0.15) is 5.75 Å². The number of hydrogen-bond donors (Lipinski definition) is 0. The van der Waals surface area contributed by atoms with Crippen molar-refractivity contribution in [2.75, 3.05) is 6.61 Å². The Hall–Kier alpha value is -0.156. The molecule has 20 heavy (non-hydrogen) atoms. The minimum Gasteiger partial charge on any atom is -0.494 e. The number of pyridine rings is 1. The number of rotatable bonds is 3. The van der Waals surface area contributed by atoms with Crippen LogP contribution in [0.5, 0.6) is 5.75 Å². The fraction of sp³-hybridized carbons (Fsp3) is 0.214. The van der Waals surface area contributed by atoms with Crippen LogP contribution in [0.4, 0.5) is 0 Å². The molecule has 3 nitrogen and oxygen atoms in total. The van der Waals surface area contributed by atoms with Gasteiger partial charge in [-0.05, 0) is 23.5 Å². The summed E-state index contributed by atoms with van der Waals surface area (Å²) in [6, 6.07) is 10.1. The Labute approximate surface area is 156 Å². The predicted molar refractivity (Wildman–Crippen MR) is 79.8 cm³/mol. The van der Waals surface area contributed by atoms with Crippen LogP contribution in [0.2, 0.25) is 5.02 Å². The van der Waals surface area contributed by atoms with E-state index in [1.165, 1.54) is 10.6 Å². The van der Waals surface area contributed by atoms with Gasteiger partial charge in [-0.25, -0.2) is 0 Å². The molecule has 103 valence electrons. The molecule has 0 aliphatic heterocycles. The second-order valence-corrected chi connectivity index (χ2v) is 5.19. The largest absolute Gasteiger partial charge is 0.494 e. The monoisotopic (exact) mass is 429 g/mol. The number of ether oxygens (including phenoxy) is 1. The molecule has 1 aromatic carbocycles. The van der Waals surface area contributed by atoms with Gasteiger partial charge in [0.15, 0.2) is 0 Å². The minimum absolute atomic E-state index is 0. The number of benzene rings is 1. The summed E-state index contributed by atoms with van der Waals surface area (Å²) in [6.45, 7) is 2.54. The van der Waals surface area contributed by atoms with Crippen molar-refractivity contribution in [2.24, 2.45) is 7.05 Å². The summed E-state index contributed by atoms with van der Waals surface area (Å²) in [6.07, 6.45) is 0. The standard InChI is InChI=1S/C14H12BrClNO2.Y/c1-3-19-9-4-5-10(11(15)8-9)13-7-6-12(16)14(18)17(13)2;/h4-6,8H,3H2,1-2H3;/q-1;. The van der Waals surface area contributed by atoms with Crippen molar-refractivity contribution < 1.29 is 37.4 Å². The molecule has 0 fully saturated rings. The molecule has 0 amide bonds. The van der Waals surface area contributed by atoms with Gasteiger partial charge in [0.05, 0.1) is 6.61 Å². The Balaban J connectivity index is 0.00000200. The van der Waals surface area contributed by atoms with Crippen LogP contribution in [0, 0.1) is 6.07 Å². The van der Waals surface area contributed by atoms with Crippen molar-refractivity contribution in [2.45, 2.75) is 6.92 Å². The maximum atomic E-state index is 11.8. The molecular weight excluding hydrogens is 418 g/mol. The summed E-state index contributed by atoms with van der Waals surface area (Å²) in [4.78, 5) is 11.8. The van der Waals surface area contributed by atoms with E-state index in [0.29, 0.717) is 12.3 Å². The maximum absolute atomic E-state index is 11.8. The van der Waals surface area contributed by atoms with Crippen LogP contribution in [0.25, 0.3) is 11.3 Å². The molecule has 0 saturated heterocycles. The van der Waals surface area contributed by atoms with Gasteiger partial charge in [0.25, 0.3) is 0 Å². The van der Waals surface area contributed by atoms with E-state index in [-0.39, 0.29) is 43.3 Å². The Kier molecular flexibility index (Phi) is 6.92. The molecule has 1 radical (unpaired) electrons. The van der Waals surface area contributed by atoms with Crippen LogP contribution in [0.1, 0.15) is 6.92 Å². The Bertz CT molecular complexity index is 673. The molecule has 0 bridgehead atoms. The molecule has 0 unspecified atom stereocenters. The van der Waals surface area contributed by atoms with Crippen LogP contribution in [-0.2, 0) is 39.8 Å². The average molecular weight is 431 g/mol. The number of hydrogen-bond acceptors (Lipinski definition) is 2. The zero-order valence-corrected chi connectivity index (χ0v) is 16.3. The summed E-state index contributed by atoms with van der Waals surface area (Å²) in [7, 11) is 1.67. The fourth-order valence-electron chi connectivity index (χ4n) is 1.75. The number of halogens is 2. The van der Waals surface area contributed by atoms with E-state index >= 15 is 0 Å². The third-order valence-electron chi connectivity index (χ3n) is 2.69. The van der Waals surface area contributed by atoms with Crippen molar-refractivity contribution in [3.05, 3.63) is 50.2 Å². The molecule has 0 saturated carbocycles. The van der Waals surface area contributed by atoms with Crippen LogP contribution < -0.4 is 10.3 Å². The number of nitrogens with zero attached hydrogens (tertiary/aromatic N) is 1. The minimum atomic E-state index is -0.240. The first-order valence-corrected chi connectivity index (χ1v) is 6.91. The summed E-state index contributed by atoms with van der Waals surface area (Å²) in [5.74, 6) is 0.775. The van der Waals surface area contributed by atoms with Crippen molar-refractivity contribution in [3.63, 3.8) is 0 Å². The predicted octanol–water partition coefficient (Wildman–Crippen LogP) is 3.66. The topological polar surface area (TPSA) is 31.2 Å². The molecule has 0 aliphatic carbocycles. The Morgan fingerprint density at radius 1 is 1.45 bits per heavy atom. The smallest absolute Gasteiger partial charge is 0.212 e. The van der Waals surface area contributed by atoms with Gasteiger partial charge >= 0.3 is 0 Å². The molecule has 6 heteroatoms. The summed E-state index contributed by atoms with van der Waals surface area (Å²) >= 11 is 9.27. The van der Waals surface area contributed by atoms with E-state index in [9.17, 15) is 4.79 Å². The quantitative estimate of drug-likeness (QED) is 0.696. The van der Waals surface area contributed by atoms with Crippen LogP contribution >= 0.6 is 27.5 Å². The Morgan fingerprint density at radius 2 is 2.15 bits per heavy atom. The molecule has 0 aliphatic rings. The second-order valence-electron chi connectivity index (χ2n) is 3.92. The molecule has 1 heterocycles. The SMILES string of the molecule is CCOc1ccc(-c2[c-]cc(Cl)c(=O)n2C)c(Br)c1.[Y]. The van der Waals surface area contributed by atoms with Gasteiger partial charge in [0.2, 0.25) is 5.56 Å². The van der Waals surface area contributed by atoms with E-state index < -0.39 is 0 Å². The summed E-state index contributed by atoms with van der Waals surface area (Å²) in [5.41, 5.74) is 1.29. The van der Waals surface area contributed by atoms with Crippen molar-refractivity contribution >= 4 is 27.5 Å². The van der Waals surface area contributed by atoms with Crippen LogP contribution in [-0.4, -0.2) is 11.2 Å². The molecule has 0 N–H and O–H groups in total. The molecule has 2 rings (SSSR count). The Morgan fingerprint density at radius 3 is 2.75 bits per heavy atom. The zero-order chi connectivity index (χ0) is 14.0. The van der Waals surface area contributed by atoms with E-state index in [4.69, 9.17) is 16.3 Å². The van der Waals surface area contributed by atoms with E-state index in [1.807, 2.05) is 25.1 Å². The van der Waals surface area contributed by atoms with Crippen molar-refractivity contribution in [3.8, 4) is 17.0 Å². The summed E-state index contributed by atoms with van der Waals surface area (Å²) in [5, 5.41) is 0.160. The van der Waals surface area contributed by atoms with E-state index in [0.717, 1.165) is 15.8 Å². The van der Waals surface area contributed by atoms with E-state index in [2.05, 4.69) is 22.0 Å². The fourth-order valence-corrected chi connectivity index (χ4v) is 2.48. The van der Waals surface area contributed by atoms with Gasteiger partial charge in [-0.1, -0.05) is 27.2 Å². The van der Waals surface area contributed by atoms with Crippen molar-refractivity contribution in [1.29, 1.82) is 0 Å². The molecule has 1 aromatic heterocycles. The average Bonchev–Trinajstić information content (AvgIpc) is 2.38. The van der Waals surface area contributed by atoms with Crippen LogP contribution in [0.3, 0.4) is 0 Å². The zero-order valence-electron chi connectivity index (χ0n) is 11.1. The second kappa shape index (κ2) is 7.74. The molecule has 0 atom stereocenters.